The Labute approximate surface area is 202 Å². The van der Waals surface area contributed by atoms with Gasteiger partial charge in [0.1, 0.15) is 5.82 Å². The van der Waals surface area contributed by atoms with Gasteiger partial charge < -0.3 is 5.32 Å². The summed E-state index contributed by atoms with van der Waals surface area (Å²) in [6, 6.07) is 13.0. The van der Waals surface area contributed by atoms with Crippen LogP contribution in [0.2, 0.25) is 0 Å². The van der Waals surface area contributed by atoms with Gasteiger partial charge in [0.15, 0.2) is 16.8 Å². The van der Waals surface area contributed by atoms with E-state index < -0.39 is 17.5 Å². The molecular weight excluding hydrogens is 568 g/mol. The van der Waals surface area contributed by atoms with Crippen LogP contribution in [0.3, 0.4) is 0 Å². The zero-order valence-corrected chi connectivity index (χ0v) is 20.1. The van der Waals surface area contributed by atoms with Crippen molar-refractivity contribution in [1.82, 2.24) is 19.7 Å². The average molecular weight is 581 g/mol. The van der Waals surface area contributed by atoms with Crippen LogP contribution in [0, 0.1) is 11.6 Å². The normalized spacial score (nSPS) is 10.9. The van der Waals surface area contributed by atoms with E-state index in [0.717, 1.165) is 33.6 Å². The largest absolute Gasteiger partial charge is 0.322 e. The van der Waals surface area contributed by atoms with E-state index in [1.807, 2.05) is 34.9 Å². The molecule has 0 unspecified atom stereocenters. The number of hydrogen-bond donors (Lipinski definition) is 1. The Morgan fingerprint density at radius 3 is 2.56 bits per heavy atom. The van der Waals surface area contributed by atoms with Crippen LogP contribution >= 0.6 is 43.6 Å². The lowest BCUT2D eigenvalue weighted by molar-refractivity contribution is -0.113. The maximum absolute atomic E-state index is 14.0. The van der Waals surface area contributed by atoms with E-state index in [0.29, 0.717) is 17.0 Å². The molecule has 0 bridgehead atoms. The predicted molar refractivity (Wildman–Crippen MR) is 126 cm³/mol. The van der Waals surface area contributed by atoms with Crippen LogP contribution < -0.4 is 5.32 Å². The lowest BCUT2D eigenvalue weighted by Gasteiger charge is -2.11. The van der Waals surface area contributed by atoms with Gasteiger partial charge in [-0.3, -0.25) is 14.3 Å². The fourth-order valence-electron chi connectivity index (χ4n) is 2.84. The smallest absolute Gasteiger partial charge is 0.234 e. The number of nitrogens with one attached hydrogen (secondary N) is 1. The first-order chi connectivity index (χ1) is 15.4. The summed E-state index contributed by atoms with van der Waals surface area (Å²) < 4.78 is 30.1. The maximum atomic E-state index is 14.0. The lowest BCUT2D eigenvalue weighted by atomic mass is 10.2. The Kier molecular flexibility index (Phi) is 6.97. The van der Waals surface area contributed by atoms with Gasteiger partial charge in [0.2, 0.25) is 5.91 Å². The molecular formula is C21H13Br2F2N5OS. The molecule has 0 atom stereocenters. The van der Waals surface area contributed by atoms with Crippen LogP contribution in [0.1, 0.15) is 0 Å². The number of hydrogen-bond acceptors (Lipinski definition) is 5. The van der Waals surface area contributed by atoms with Gasteiger partial charge in [0, 0.05) is 38.7 Å². The number of aromatic nitrogens is 4. The van der Waals surface area contributed by atoms with Crippen molar-refractivity contribution in [1.29, 1.82) is 0 Å². The summed E-state index contributed by atoms with van der Waals surface area (Å²) in [6.07, 6.45) is 3.34. The Hall–Kier alpha value is -2.63. The quantitative estimate of drug-likeness (QED) is 0.289. The summed E-state index contributed by atoms with van der Waals surface area (Å²) in [6.45, 7) is 0. The maximum Gasteiger partial charge on any atom is 0.234 e. The number of nitrogens with zero attached hydrogens (tertiary/aromatic N) is 4. The van der Waals surface area contributed by atoms with E-state index in [2.05, 4.69) is 52.4 Å². The third kappa shape index (κ3) is 5.05. The SMILES string of the molecule is O=C(CSc1nnc(-c2cccnc2)n1-c1ccc(Br)cc1)Nc1c(F)cc(F)cc1Br. The zero-order valence-electron chi connectivity index (χ0n) is 16.1. The molecule has 0 saturated carbocycles. The van der Waals surface area contributed by atoms with Crippen molar-refractivity contribution in [3.63, 3.8) is 0 Å². The molecule has 162 valence electrons. The number of pyridine rings is 1. The second kappa shape index (κ2) is 9.88. The first-order valence-corrected chi connectivity index (χ1v) is 11.7. The highest BCUT2D eigenvalue weighted by atomic mass is 79.9. The van der Waals surface area contributed by atoms with E-state index in [-0.39, 0.29) is 15.9 Å². The topological polar surface area (TPSA) is 72.7 Å². The molecule has 1 N–H and O–H groups in total. The lowest BCUT2D eigenvalue weighted by Crippen LogP contribution is -2.16. The van der Waals surface area contributed by atoms with Crippen LogP contribution in [-0.4, -0.2) is 31.4 Å². The summed E-state index contributed by atoms with van der Waals surface area (Å²) in [7, 11) is 0. The molecule has 1 amide bonds. The van der Waals surface area contributed by atoms with E-state index in [1.54, 1.807) is 18.5 Å². The molecule has 0 fully saturated rings. The summed E-state index contributed by atoms with van der Waals surface area (Å²) in [5, 5.41) is 11.5. The molecule has 0 aliphatic carbocycles. The molecule has 2 aromatic heterocycles. The number of carbonyl (C=O) groups excluding carboxylic acids is 1. The minimum atomic E-state index is -0.868. The number of carbonyl (C=O) groups is 1. The molecule has 0 spiro atoms. The van der Waals surface area contributed by atoms with E-state index in [4.69, 9.17) is 0 Å². The molecule has 4 rings (SSSR count). The van der Waals surface area contributed by atoms with Gasteiger partial charge in [-0.2, -0.15) is 0 Å². The first kappa shape index (κ1) is 22.6. The number of thioether (sulfide) groups is 1. The third-order valence-electron chi connectivity index (χ3n) is 4.24. The zero-order chi connectivity index (χ0) is 22.7. The van der Waals surface area contributed by atoms with Crippen molar-refractivity contribution in [2.45, 2.75) is 5.16 Å². The first-order valence-electron chi connectivity index (χ1n) is 9.11. The van der Waals surface area contributed by atoms with Crippen molar-refractivity contribution in [2.75, 3.05) is 11.1 Å². The highest BCUT2D eigenvalue weighted by molar-refractivity contribution is 9.10. The number of halogens is 4. The van der Waals surface area contributed by atoms with E-state index >= 15 is 0 Å². The van der Waals surface area contributed by atoms with Gasteiger partial charge in [0.05, 0.1) is 11.4 Å². The van der Waals surface area contributed by atoms with Crippen molar-refractivity contribution < 1.29 is 13.6 Å². The van der Waals surface area contributed by atoms with Gasteiger partial charge >= 0.3 is 0 Å². The molecule has 32 heavy (non-hydrogen) atoms. The number of benzene rings is 2. The van der Waals surface area contributed by atoms with Crippen LogP contribution in [-0.2, 0) is 4.79 Å². The van der Waals surface area contributed by atoms with Gasteiger partial charge in [-0.1, -0.05) is 27.7 Å². The van der Waals surface area contributed by atoms with Crippen LogP contribution in [0.5, 0.6) is 0 Å². The number of rotatable bonds is 6. The fraction of sp³-hybridized carbons (Fsp3) is 0.0476. The summed E-state index contributed by atoms with van der Waals surface area (Å²) in [4.78, 5) is 16.6. The van der Waals surface area contributed by atoms with Crippen molar-refractivity contribution in [3.05, 3.63) is 81.5 Å². The highest BCUT2D eigenvalue weighted by Crippen LogP contribution is 2.30. The Morgan fingerprint density at radius 1 is 1.09 bits per heavy atom. The molecule has 4 aromatic rings. The predicted octanol–water partition coefficient (Wildman–Crippen LogP) is 5.86. The molecule has 2 aromatic carbocycles. The van der Waals surface area contributed by atoms with Crippen molar-refractivity contribution in [3.8, 4) is 17.1 Å². The van der Waals surface area contributed by atoms with Gasteiger partial charge in [-0.15, -0.1) is 10.2 Å². The van der Waals surface area contributed by atoms with Crippen LogP contribution in [0.15, 0.2) is 75.0 Å². The monoisotopic (exact) mass is 579 g/mol. The molecule has 2 heterocycles. The van der Waals surface area contributed by atoms with E-state index in [9.17, 15) is 13.6 Å². The Bertz CT molecular complexity index is 1250. The Balaban J connectivity index is 1.59. The van der Waals surface area contributed by atoms with Crippen molar-refractivity contribution in [2.24, 2.45) is 0 Å². The Morgan fingerprint density at radius 2 is 1.88 bits per heavy atom. The second-order valence-corrected chi connectivity index (χ2v) is 9.15. The third-order valence-corrected chi connectivity index (χ3v) is 6.32. The summed E-state index contributed by atoms with van der Waals surface area (Å²) in [5.41, 5.74) is 1.44. The van der Waals surface area contributed by atoms with Crippen LogP contribution in [0.25, 0.3) is 17.1 Å². The summed E-state index contributed by atoms with van der Waals surface area (Å²) in [5.74, 6) is -1.59. The van der Waals surface area contributed by atoms with Crippen LogP contribution in [0.4, 0.5) is 14.5 Å². The fourth-order valence-corrected chi connectivity index (χ4v) is 4.36. The molecule has 0 aliphatic heterocycles. The standard InChI is InChI=1S/C21H13Br2F2N5OS/c22-13-3-5-15(6-4-13)30-20(12-2-1-7-26-10-12)28-29-21(30)32-11-18(31)27-19-16(23)8-14(24)9-17(19)25/h1-10H,11H2,(H,27,31). The molecule has 0 aliphatic rings. The molecule has 11 heteroatoms. The minimum absolute atomic E-state index is 0.0645. The molecule has 6 nitrogen and oxygen atoms in total. The van der Waals surface area contributed by atoms with Gasteiger partial charge in [0.25, 0.3) is 0 Å². The van der Waals surface area contributed by atoms with E-state index in [1.165, 1.54) is 0 Å². The molecule has 0 radical (unpaired) electrons. The summed E-state index contributed by atoms with van der Waals surface area (Å²) >= 11 is 7.62. The second-order valence-electron chi connectivity index (χ2n) is 6.44. The average Bonchev–Trinajstić information content (AvgIpc) is 3.20. The number of amides is 1. The highest BCUT2D eigenvalue weighted by Gasteiger charge is 2.19. The minimum Gasteiger partial charge on any atom is -0.322 e. The van der Waals surface area contributed by atoms with Crippen molar-refractivity contribution >= 4 is 55.2 Å². The number of anilines is 1. The van der Waals surface area contributed by atoms with Gasteiger partial charge in [-0.25, -0.2) is 8.78 Å². The molecule has 0 saturated heterocycles. The van der Waals surface area contributed by atoms with Gasteiger partial charge in [-0.05, 0) is 58.4 Å².